The van der Waals surface area contributed by atoms with E-state index >= 15 is 0 Å². The van der Waals surface area contributed by atoms with Gasteiger partial charge in [-0.25, -0.2) is 9.37 Å². The van der Waals surface area contributed by atoms with Crippen molar-refractivity contribution in [3.63, 3.8) is 0 Å². The first kappa shape index (κ1) is 14.4. The Labute approximate surface area is 133 Å². The highest BCUT2D eigenvalue weighted by Crippen LogP contribution is 2.28. The van der Waals surface area contributed by atoms with E-state index in [1.54, 1.807) is 9.80 Å². The Morgan fingerprint density at radius 1 is 1.30 bits per heavy atom. The maximum Gasteiger partial charge on any atom is 0.245 e. The summed E-state index contributed by atoms with van der Waals surface area (Å²) < 4.78 is 19.3. The molecule has 2 aliphatic heterocycles. The molecule has 1 N–H and O–H groups in total. The lowest BCUT2D eigenvalue weighted by Crippen LogP contribution is -2.50. The van der Waals surface area contributed by atoms with Crippen molar-refractivity contribution in [3.05, 3.63) is 24.3 Å². The zero-order valence-electron chi connectivity index (χ0n) is 12.7. The van der Waals surface area contributed by atoms with Crippen LogP contribution >= 0.6 is 0 Å². The number of nitrogens with one attached hydrogen (secondary N) is 1. The predicted molar refractivity (Wildman–Crippen MR) is 84.1 cm³/mol. The van der Waals surface area contributed by atoms with Crippen molar-refractivity contribution in [2.75, 3.05) is 37.7 Å². The van der Waals surface area contributed by atoms with E-state index in [4.69, 9.17) is 4.74 Å². The van der Waals surface area contributed by atoms with Gasteiger partial charge in [-0.2, -0.15) is 0 Å². The molecule has 1 aromatic carbocycles. The minimum Gasteiger partial charge on any atom is -0.378 e. The molecule has 3 heterocycles. The number of morpholine rings is 1. The van der Waals surface area contributed by atoms with Crippen LogP contribution in [-0.4, -0.2) is 65.8 Å². The summed E-state index contributed by atoms with van der Waals surface area (Å²) in [7, 11) is 0. The van der Waals surface area contributed by atoms with Crippen LogP contribution in [0.5, 0.6) is 0 Å². The molecule has 0 bridgehead atoms. The van der Waals surface area contributed by atoms with E-state index in [1.807, 2.05) is 24.3 Å². The minimum atomic E-state index is -1.02. The van der Waals surface area contributed by atoms with E-state index in [1.165, 1.54) is 0 Å². The third-order valence-electron chi connectivity index (χ3n) is 4.51. The van der Waals surface area contributed by atoms with Crippen molar-refractivity contribution in [2.45, 2.75) is 18.6 Å². The number of hydrogen-bond acceptors (Lipinski definition) is 4. The molecule has 1 amide bonds. The maximum absolute atomic E-state index is 14.0. The highest BCUT2D eigenvalue weighted by atomic mass is 19.1. The topological polar surface area (TPSA) is 61.5 Å². The lowest BCUT2D eigenvalue weighted by atomic mass is 10.1. The van der Waals surface area contributed by atoms with Gasteiger partial charge >= 0.3 is 0 Å². The number of benzene rings is 1. The molecule has 4 rings (SSSR count). The number of nitrogens with zero attached hydrogens (tertiary/aromatic N) is 3. The second-order valence-corrected chi connectivity index (χ2v) is 6.02. The molecular formula is C16H19FN4O2. The van der Waals surface area contributed by atoms with E-state index in [0.717, 1.165) is 11.0 Å². The summed E-state index contributed by atoms with van der Waals surface area (Å²) >= 11 is 0. The van der Waals surface area contributed by atoms with Crippen molar-refractivity contribution in [2.24, 2.45) is 0 Å². The molecule has 1 aromatic heterocycles. The van der Waals surface area contributed by atoms with Crippen LogP contribution in [0.15, 0.2) is 24.3 Å². The van der Waals surface area contributed by atoms with Gasteiger partial charge in [0.25, 0.3) is 0 Å². The van der Waals surface area contributed by atoms with Gasteiger partial charge < -0.3 is 19.5 Å². The normalized spacial score (nSPS) is 25.3. The van der Waals surface area contributed by atoms with Gasteiger partial charge in [-0.3, -0.25) is 4.79 Å². The van der Waals surface area contributed by atoms with Crippen LogP contribution in [-0.2, 0) is 9.53 Å². The number of alkyl halides is 1. The van der Waals surface area contributed by atoms with Crippen LogP contribution in [0.1, 0.15) is 6.42 Å². The molecule has 2 fully saturated rings. The standard InChI is InChI=1S/C16H19FN4O2/c17-11-9-14(15(22)20-5-7-23-8-6-20)21(10-11)16-18-12-3-1-2-4-13(12)19-16/h1-4,11,14H,5-10H2,(H,18,19)/t11-,14+/m1/s1. The predicted octanol–water partition coefficient (Wildman–Crippen LogP) is 1.34. The van der Waals surface area contributed by atoms with E-state index in [-0.39, 0.29) is 18.9 Å². The number of aromatic nitrogens is 2. The number of fused-ring (bicyclic) bond motifs is 1. The number of amides is 1. The van der Waals surface area contributed by atoms with E-state index in [9.17, 15) is 9.18 Å². The molecule has 0 radical (unpaired) electrons. The van der Waals surface area contributed by atoms with Gasteiger partial charge in [-0.1, -0.05) is 12.1 Å². The van der Waals surface area contributed by atoms with Crippen LogP contribution in [0.2, 0.25) is 0 Å². The number of halogens is 1. The van der Waals surface area contributed by atoms with Crippen molar-refractivity contribution < 1.29 is 13.9 Å². The second-order valence-electron chi connectivity index (χ2n) is 6.02. The Balaban J connectivity index is 1.61. The Hall–Kier alpha value is -2.15. The third-order valence-corrected chi connectivity index (χ3v) is 4.51. The Kier molecular flexibility index (Phi) is 3.65. The van der Waals surface area contributed by atoms with Gasteiger partial charge in [0.15, 0.2) is 0 Å². The number of aromatic amines is 1. The van der Waals surface area contributed by atoms with Gasteiger partial charge in [-0.05, 0) is 12.1 Å². The number of anilines is 1. The number of rotatable bonds is 2. The van der Waals surface area contributed by atoms with Crippen LogP contribution in [0.25, 0.3) is 11.0 Å². The van der Waals surface area contributed by atoms with Gasteiger partial charge in [0.2, 0.25) is 11.9 Å². The first-order valence-electron chi connectivity index (χ1n) is 7.94. The number of ether oxygens (including phenoxy) is 1. The van der Waals surface area contributed by atoms with Gasteiger partial charge in [0, 0.05) is 19.5 Å². The van der Waals surface area contributed by atoms with Crippen LogP contribution < -0.4 is 4.90 Å². The van der Waals surface area contributed by atoms with Crippen LogP contribution in [0.3, 0.4) is 0 Å². The molecule has 2 aromatic rings. The Morgan fingerprint density at radius 3 is 2.87 bits per heavy atom. The fraction of sp³-hybridized carbons (Fsp3) is 0.500. The monoisotopic (exact) mass is 318 g/mol. The van der Waals surface area contributed by atoms with Crippen LogP contribution in [0.4, 0.5) is 10.3 Å². The van der Waals surface area contributed by atoms with Gasteiger partial charge in [-0.15, -0.1) is 0 Å². The number of hydrogen-bond donors (Lipinski definition) is 1. The number of H-pyrrole nitrogens is 1. The first-order chi connectivity index (χ1) is 11.2. The minimum absolute atomic E-state index is 0.0334. The smallest absolute Gasteiger partial charge is 0.245 e. The summed E-state index contributed by atoms with van der Waals surface area (Å²) in [5, 5.41) is 0. The molecule has 2 aliphatic rings. The second kappa shape index (κ2) is 5.81. The summed E-state index contributed by atoms with van der Waals surface area (Å²) in [4.78, 5) is 24.0. The van der Waals surface area contributed by atoms with Crippen molar-refractivity contribution in [1.29, 1.82) is 0 Å². The quantitative estimate of drug-likeness (QED) is 0.908. The molecule has 0 spiro atoms. The highest BCUT2D eigenvalue weighted by Gasteiger charge is 2.40. The number of carbonyl (C=O) groups is 1. The molecule has 0 aliphatic carbocycles. The summed E-state index contributed by atoms with van der Waals surface area (Å²) in [6.45, 7) is 2.42. The Morgan fingerprint density at radius 2 is 2.09 bits per heavy atom. The third kappa shape index (κ3) is 2.65. The van der Waals surface area contributed by atoms with Crippen LogP contribution in [0, 0.1) is 0 Å². The molecule has 122 valence electrons. The number of para-hydroxylation sites is 2. The summed E-state index contributed by atoms with van der Waals surface area (Å²) in [5.74, 6) is 0.534. The first-order valence-corrected chi connectivity index (χ1v) is 7.94. The number of imidazole rings is 1. The number of carbonyl (C=O) groups excluding carboxylic acids is 1. The Bertz CT molecular complexity index is 680. The zero-order chi connectivity index (χ0) is 15.8. The average Bonchev–Trinajstić information content (AvgIpc) is 3.18. The van der Waals surface area contributed by atoms with E-state index in [0.29, 0.717) is 32.3 Å². The fourth-order valence-corrected chi connectivity index (χ4v) is 3.32. The molecule has 0 unspecified atom stereocenters. The largest absolute Gasteiger partial charge is 0.378 e. The molecule has 0 saturated carbocycles. The SMILES string of the molecule is O=C([C@@H]1C[C@@H](F)CN1c1nc2ccccc2[nH]1)N1CCOCC1. The van der Waals surface area contributed by atoms with Gasteiger partial charge in [0.05, 0.1) is 30.8 Å². The van der Waals surface area contributed by atoms with Gasteiger partial charge in [0.1, 0.15) is 12.2 Å². The molecule has 6 nitrogen and oxygen atoms in total. The fourth-order valence-electron chi connectivity index (χ4n) is 3.32. The molecule has 23 heavy (non-hydrogen) atoms. The van der Waals surface area contributed by atoms with E-state index < -0.39 is 12.2 Å². The summed E-state index contributed by atoms with van der Waals surface area (Å²) in [5.41, 5.74) is 1.71. The van der Waals surface area contributed by atoms with Crippen molar-refractivity contribution in [3.8, 4) is 0 Å². The maximum atomic E-state index is 14.0. The van der Waals surface area contributed by atoms with Crippen molar-refractivity contribution >= 4 is 22.9 Å². The molecular weight excluding hydrogens is 299 g/mol. The lowest BCUT2D eigenvalue weighted by molar-refractivity contribution is -0.136. The summed E-state index contributed by atoms with van der Waals surface area (Å²) in [6.07, 6.45) is -0.800. The molecule has 2 atom stereocenters. The lowest BCUT2D eigenvalue weighted by Gasteiger charge is -2.32. The average molecular weight is 318 g/mol. The molecule has 7 heteroatoms. The zero-order valence-corrected chi connectivity index (χ0v) is 12.7. The van der Waals surface area contributed by atoms with E-state index in [2.05, 4.69) is 9.97 Å². The molecule has 2 saturated heterocycles. The summed E-state index contributed by atoms with van der Waals surface area (Å²) in [6, 6.07) is 7.15. The highest BCUT2D eigenvalue weighted by molar-refractivity contribution is 5.86. The van der Waals surface area contributed by atoms with Crippen molar-refractivity contribution in [1.82, 2.24) is 14.9 Å².